The molecule has 0 saturated carbocycles. The maximum absolute atomic E-state index is 4.73. The molecule has 120 valence electrons. The summed E-state index contributed by atoms with van der Waals surface area (Å²) in [5.74, 6) is 1.51. The molecule has 0 aliphatic carbocycles. The van der Waals surface area contributed by atoms with Crippen LogP contribution >= 0.6 is 11.8 Å². The largest absolute Gasteiger partial charge is 0.333 e. The zero-order valence-corrected chi connectivity index (χ0v) is 14.7. The van der Waals surface area contributed by atoms with E-state index in [1.165, 1.54) is 21.9 Å². The summed E-state index contributed by atoms with van der Waals surface area (Å²) in [4.78, 5) is 8.17. The zero-order chi connectivity index (χ0) is 16.5. The molecular weight excluding hydrogens is 312 g/mol. The minimum atomic E-state index is 0.580. The smallest absolute Gasteiger partial charge is 0.166 e. The number of aromatic amines is 1. The van der Waals surface area contributed by atoms with Gasteiger partial charge in [-0.05, 0) is 39.9 Å². The van der Waals surface area contributed by atoms with Crippen LogP contribution in [-0.2, 0) is 5.75 Å². The van der Waals surface area contributed by atoms with Crippen molar-refractivity contribution in [2.24, 2.45) is 0 Å². The second-order valence-electron chi connectivity index (χ2n) is 6.44. The average Bonchev–Trinajstić information content (AvgIpc) is 3.00. The van der Waals surface area contributed by atoms with Gasteiger partial charge >= 0.3 is 0 Å². The molecule has 0 fully saturated rings. The highest BCUT2D eigenvalue weighted by Crippen LogP contribution is 2.26. The van der Waals surface area contributed by atoms with E-state index in [1.807, 2.05) is 0 Å². The number of rotatable bonds is 4. The van der Waals surface area contributed by atoms with Crippen LogP contribution in [0.3, 0.4) is 0 Å². The summed E-state index contributed by atoms with van der Waals surface area (Å²) in [6, 6.07) is 21.6. The minimum Gasteiger partial charge on any atom is -0.333 e. The maximum atomic E-state index is 4.73. The molecule has 1 aromatic heterocycles. The highest BCUT2D eigenvalue weighted by atomic mass is 32.2. The van der Waals surface area contributed by atoms with Crippen molar-refractivity contribution in [3.05, 3.63) is 71.8 Å². The highest BCUT2D eigenvalue weighted by molar-refractivity contribution is 7.98. The Labute approximate surface area is 146 Å². The lowest BCUT2D eigenvalue weighted by atomic mass is 10.0. The topological polar surface area (TPSA) is 28.7 Å². The van der Waals surface area contributed by atoms with E-state index in [0.717, 1.165) is 21.9 Å². The Morgan fingerprint density at radius 1 is 0.958 bits per heavy atom. The van der Waals surface area contributed by atoms with E-state index < -0.39 is 0 Å². The molecule has 0 amide bonds. The summed E-state index contributed by atoms with van der Waals surface area (Å²) in [5, 5.41) is 3.46. The van der Waals surface area contributed by atoms with Gasteiger partial charge in [-0.3, -0.25) is 0 Å². The molecule has 0 unspecified atom stereocenters. The van der Waals surface area contributed by atoms with Gasteiger partial charge in [0.1, 0.15) is 0 Å². The lowest BCUT2D eigenvalue weighted by Crippen LogP contribution is -1.88. The van der Waals surface area contributed by atoms with E-state index in [1.54, 1.807) is 11.8 Å². The third-order valence-electron chi connectivity index (χ3n) is 4.35. The Kier molecular flexibility index (Phi) is 4.03. The van der Waals surface area contributed by atoms with Crippen LogP contribution < -0.4 is 0 Å². The molecule has 0 atom stereocenters. The lowest BCUT2D eigenvalue weighted by Gasteiger charge is -2.06. The van der Waals surface area contributed by atoms with Crippen LogP contribution in [0.2, 0.25) is 0 Å². The first kappa shape index (κ1) is 15.3. The van der Waals surface area contributed by atoms with Crippen molar-refractivity contribution < 1.29 is 0 Å². The second-order valence-corrected chi connectivity index (χ2v) is 7.41. The van der Waals surface area contributed by atoms with Gasteiger partial charge in [-0.2, -0.15) is 0 Å². The van der Waals surface area contributed by atoms with Gasteiger partial charge in [-0.1, -0.05) is 74.1 Å². The van der Waals surface area contributed by atoms with E-state index in [0.29, 0.717) is 5.92 Å². The average molecular weight is 332 g/mol. The summed E-state index contributed by atoms with van der Waals surface area (Å²) < 4.78 is 0. The molecule has 0 aliphatic heterocycles. The molecule has 24 heavy (non-hydrogen) atoms. The number of aromatic nitrogens is 2. The number of hydrogen-bond acceptors (Lipinski definition) is 2. The molecule has 0 radical (unpaired) electrons. The van der Waals surface area contributed by atoms with E-state index in [2.05, 4.69) is 79.5 Å². The highest BCUT2D eigenvalue weighted by Gasteiger charge is 2.06. The molecule has 1 N–H and O–H groups in total. The van der Waals surface area contributed by atoms with Crippen molar-refractivity contribution in [1.82, 2.24) is 9.97 Å². The molecule has 0 aliphatic rings. The third kappa shape index (κ3) is 3.04. The number of hydrogen-bond donors (Lipinski definition) is 1. The molecular formula is C21H20N2S. The summed E-state index contributed by atoms with van der Waals surface area (Å²) in [5.41, 5.74) is 4.85. The normalized spacial score (nSPS) is 11.6. The van der Waals surface area contributed by atoms with E-state index >= 15 is 0 Å². The minimum absolute atomic E-state index is 0.580. The van der Waals surface area contributed by atoms with Crippen LogP contribution in [0.25, 0.3) is 21.8 Å². The summed E-state index contributed by atoms with van der Waals surface area (Å²) >= 11 is 1.75. The Balaban J connectivity index is 1.55. The first-order valence-corrected chi connectivity index (χ1v) is 9.28. The number of benzene rings is 3. The van der Waals surface area contributed by atoms with Crippen molar-refractivity contribution in [3.63, 3.8) is 0 Å². The number of imidazole rings is 1. The van der Waals surface area contributed by atoms with E-state index in [4.69, 9.17) is 4.98 Å². The van der Waals surface area contributed by atoms with Crippen molar-refractivity contribution in [1.29, 1.82) is 0 Å². The molecule has 0 saturated heterocycles. The van der Waals surface area contributed by atoms with Gasteiger partial charge in [0.2, 0.25) is 0 Å². The maximum Gasteiger partial charge on any atom is 0.166 e. The van der Waals surface area contributed by atoms with Gasteiger partial charge in [0.05, 0.1) is 11.0 Å². The molecule has 0 spiro atoms. The predicted molar refractivity (Wildman–Crippen MR) is 104 cm³/mol. The molecule has 3 heteroatoms. The van der Waals surface area contributed by atoms with Gasteiger partial charge in [-0.25, -0.2) is 4.98 Å². The number of nitrogens with zero attached hydrogens (tertiary/aromatic N) is 1. The molecule has 4 rings (SSSR count). The van der Waals surface area contributed by atoms with Crippen LogP contribution in [0.5, 0.6) is 0 Å². The standard InChI is InChI=1S/C21H20N2S/c1-14(2)16-9-7-15(8-10-16)13-24-21-22-19-11-17-5-3-4-6-18(17)12-20(19)23-21/h3-12,14H,13H2,1-2H3,(H,22,23). The monoisotopic (exact) mass is 332 g/mol. The molecule has 3 aromatic carbocycles. The number of thioether (sulfide) groups is 1. The van der Waals surface area contributed by atoms with Gasteiger partial charge in [-0.15, -0.1) is 0 Å². The number of fused-ring (bicyclic) bond motifs is 2. The fraction of sp³-hybridized carbons (Fsp3) is 0.190. The molecule has 2 nitrogen and oxygen atoms in total. The fourth-order valence-corrected chi connectivity index (χ4v) is 3.73. The van der Waals surface area contributed by atoms with Crippen LogP contribution in [0.4, 0.5) is 0 Å². The van der Waals surface area contributed by atoms with Crippen LogP contribution in [0.15, 0.2) is 65.8 Å². The predicted octanol–water partition coefficient (Wildman–Crippen LogP) is 6.13. The van der Waals surface area contributed by atoms with E-state index in [-0.39, 0.29) is 0 Å². The van der Waals surface area contributed by atoms with Crippen molar-refractivity contribution >= 4 is 33.6 Å². The van der Waals surface area contributed by atoms with Crippen LogP contribution in [0, 0.1) is 0 Å². The van der Waals surface area contributed by atoms with Gasteiger partial charge < -0.3 is 4.98 Å². The Bertz CT molecular complexity index is 931. The van der Waals surface area contributed by atoms with Crippen molar-refractivity contribution in [2.75, 3.05) is 0 Å². The zero-order valence-electron chi connectivity index (χ0n) is 13.9. The van der Waals surface area contributed by atoms with Gasteiger partial charge in [0.15, 0.2) is 5.16 Å². The van der Waals surface area contributed by atoms with Crippen molar-refractivity contribution in [3.8, 4) is 0 Å². The third-order valence-corrected chi connectivity index (χ3v) is 5.29. The van der Waals surface area contributed by atoms with Gasteiger partial charge in [0.25, 0.3) is 0 Å². The summed E-state index contributed by atoms with van der Waals surface area (Å²) in [6.07, 6.45) is 0. The first-order chi connectivity index (χ1) is 11.7. The first-order valence-electron chi connectivity index (χ1n) is 8.29. The number of H-pyrrole nitrogens is 1. The second kappa shape index (κ2) is 6.33. The van der Waals surface area contributed by atoms with Crippen LogP contribution in [-0.4, -0.2) is 9.97 Å². The van der Waals surface area contributed by atoms with Crippen molar-refractivity contribution in [2.45, 2.75) is 30.7 Å². The summed E-state index contributed by atoms with van der Waals surface area (Å²) in [7, 11) is 0. The van der Waals surface area contributed by atoms with Gasteiger partial charge in [0, 0.05) is 5.75 Å². The fourth-order valence-electron chi connectivity index (χ4n) is 2.89. The Morgan fingerprint density at radius 2 is 1.67 bits per heavy atom. The quantitative estimate of drug-likeness (QED) is 0.455. The lowest BCUT2D eigenvalue weighted by molar-refractivity contribution is 0.866. The van der Waals surface area contributed by atoms with Crippen LogP contribution in [0.1, 0.15) is 30.9 Å². The Morgan fingerprint density at radius 3 is 2.38 bits per heavy atom. The Hall–Kier alpha value is -2.26. The molecule has 4 aromatic rings. The summed E-state index contributed by atoms with van der Waals surface area (Å²) in [6.45, 7) is 4.45. The SMILES string of the molecule is CC(C)c1ccc(CSc2nc3cc4ccccc4cc3[nH]2)cc1. The number of nitrogens with one attached hydrogen (secondary N) is 1. The molecule has 1 heterocycles. The van der Waals surface area contributed by atoms with E-state index in [9.17, 15) is 0 Å². The molecule has 0 bridgehead atoms.